The van der Waals surface area contributed by atoms with Gasteiger partial charge in [0.2, 0.25) is 0 Å². The standard InChI is InChI=1S/C30H27BrFIN4O5S/c1-3-40-29(39)26-17(2)35-30(43)36-27(26)20-9-5-7-11-24(20)41-16-25(38)37-34-14-18-12-21(31)28(23(33)13-18)42-15-19-8-4-6-10-22(19)32/h4-14,27H,3,15-16H2,1-2H3,(H,37,38)(H2,35,36,43)/t27-/m0/s1. The van der Waals surface area contributed by atoms with Crippen molar-refractivity contribution < 1.29 is 28.2 Å². The average molecular weight is 781 g/mol. The van der Waals surface area contributed by atoms with E-state index in [4.69, 9.17) is 26.4 Å². The summed E-state index contributed by atoms with van der Waals surface area (Å²) in [5.74, 6) is -0.350. The zero-order valence-corrected chi connectivity index (χ0v) is 27.6. The van der Waals surface area contributed by atoms with Gasteiger partial charge in [0, 0.05) is 16.8 Å². The normalized spacial score (nSPS) is 14.6. The minimum absolute atomic E-state index is 0.0777. The number of esters is 1. The first-order valence-electron chi connectivity index (χ1n) is 13.0. The van der Waals surface area contributed by atoms with E-state index in [2.05, 4.69) is 59.7 Å². The van der Waals surface area contributed by atoms with Crippen molar-refractivity contribution in [2.75, 3.05) is 13.2 Å². The van der Waals surface area contributed by atoms with E-state index >= 15 is 0 Å². The lowest BCUT2D eigenvalue weighted by Crippen LogP contribution is -2.45. The van der Waals surface area contributed by atoms with E-state index in [1.54, 1.807) is 62.4 Å². The highest BCUT2D eigenvalue weighted by molar-refractivity contribution is 14.1. The van der Waals surface area contributed by atoms with Crippen LogP contribution in [0.1, 0.15) is 36.6 Å². The number of allylic oxidation sites excluding steroid dienone is 1. The summed E-state index contributed by atoms with van der Waals surface area (Å²) < 4.78 is 32.3. The molecule has 9 nitrogen and oxygen atoms in total. The van der Waals surface area contributed by atoms with Crippen molar-refractivity contribution in [2.24, 2.45) is 5.10 Å². The Hall–Kier alpha value is -3.56. The molecule has 1 aliphatic rings. The number of ether oxygens (including phenoxy) is 3. The zero-order valence-electron chi connectivity index (χ0n) is 23.1. The van der Waals surface area contributed by atoms with Crippen LogP contribution in [0, 0.1) is 9.39 Å². The Balaban J connectivity index is 1.38. The Morgan fingerprint density at radius 1 is 1.16 bits per heavy atom. The number of carbonyl (C=O) groups is 2. The smallest absolute Gasteiger partial charge is 0.338 e. The van der Waals surface area contributed by atoms with Gasteiger partial charge in [0.05, 0.1) is 32.5 Å². The van der Waals surface area contributed by atoms with Crippen LogP contribution in [-0.4, -0.2) is 36.4 Å². The van der Waals surface area contributed by atoms with Crippen molar-refractivity contribution >= 4 is 73.9 Å². The highest BCUT2D eigenvalue weighted by Gasteiger charge is 2.32. The molecule has 0 spiro atoms. The van der Waals surface area contributed by atoms with Crippen molar-refractivity contribution in [1.29, 1.82) is 0 Å². The van der Waals surface area contributed by atoms with E-state index in [0.717, 1.165) is 3.57 Å². The number of nitrogens with zero attached hydrogens (tertiary/aromatic N) is 1. The quantitative estimate of drug-likeness (QED) is 0.0753. The lowest BCUT2D eigenvalue weighted by molar-refractivity contribution is -0.139. The molecule has 43 heavy (non-hydrogen) atoms. The molecule has 1 atom stereocenters. The number of hydrogen-bond acceptors (Lipinski definition) is 7. The Bertz CT molecular complexity index is 1580. The van der Waals surface area contributed by atoms with Crippen LogP contribution in [-0.2, 0) is 20.9 Å². The fraction of sp³-hybridized carbons (Fsp3) is 0.200. The number of hydrogen-bond donors (Lipinski definition) is 3. The van der Waals surface area contributed by atoms with Crippen LogP contribution in [0.25, 0.3) is 0 Å². The van der Waals surface area contributed by atoms with Crippen molar-refractivity contribution in [3.8, 4) is 11.5 Å². The molecule has 4 rings (SSSR count). The first kappa shape index (κ1) is 32.4. The fourth-order valence-corrected chi connectivity index (χ4v) is 6.21. The van der Waals surface area contributed by atoms with Gasteiger partial charge < -0.3 is 24.8 Å². The van der Waals surface area contributed by atoms with Crippen LogP contribution in [0.5, 0.6) is 11.5 Å². The molecule has 224 valence electrons. The summed E-state index contributed by atoms with van der Waals surface area (Å²) in [5, 5.41) is 10.4. The molecule has 0 aliphatic carbocycles. The number of rotatable bonds is 11. The fourth-order valence-electron chi connectivity index (χ4n) is 4.17. The number of benzene rings is 3. The predicted octanol–water partition coefficient (Wildman–Crippen LogP) is 5.66. The number of thiocarbonyl (C=S) groups is 1. The van der Waals surface area contributed by atoms with E-state index in [0.29, 0.717) is 49.0 Å². The zero-order chi connectivity index (χ0) is 30.9. The molecule has 0 aromatic heterocycles. The van der Waals surface area contributed by atoms with E-state index in [9.17, 15) is 14.0 Å². The summed E-state index contributed by atoms with van der Waals surface area (Å²) in [5.41, 5.74) is 5.14. The Morgan fingerprint density at radius 2 is 1.91 bits per heavy atom. The third-order valence-electron chi connectivity index (χ3n) is 6.11. The second kappa shape index (κ2) is 15.3. The van der Waals surface area contributed by atoms with Crippen molar-refractivity contribution in [1.82, 2.24) is 16.1 Å². The molecule has 0 saturated carbocycles. The van der Waals surface area contributed by atoms with Crippen LogP contribution < -0.4 is 25.5 Å². The molecule has 0 bridgehead atoms. The molecule has 3 N–H and O–H groups in total. The summed E-state index contributed by atoms with van der Waals surface area (Å²) in [7, 11) is 0. The van der Waals surface area contributed by atoms with E-state index in [1.807, 2.05) is 6.07 Å². The van der Waals surface area contributed by atoms with Gasteiger partial charge in [0.1, 0.15) is 23.9 Å². The number of hydrazone groups is 1. The number of carbonyl (C=O) groups excluding carboxylic acids is 2. The van der Waals surface area contributed by atoms with Gasteiger partial charge in [-0.3, -0.25) is 4.79 Å². The molecule has 1 heterocycles. The molecule has 3 aromatic rings. The number of nitrogens with one attached hydrogen (secondary N) is 3. The molecule has 0 radical (unpaired) electrons. The minimum atomic E-state index is -0.635. The third kappa shape index (κ3) is 8.51. The maximum Gasteiger partial charge on any atom is 0.338 e. The number of halogens is 3. The van der Waals surface area contributed by atoms with Crippen LogP contribution in [0.3, 0.4) is 0 Å². The van der Waals surface area contributed by atoms with E-state index in [1.165, 1.54) is 12.3 Å². The molecular formula is C30H27BrFIN4O5S. The van der Waals surface area contributed by atoms with Gasteiger partial charge in [0.25, 0.3) is 5.91 Å². The first-order valence-corrected chi connectivity index (χ1v) is 15.3. The SMILES string of the molecule is CCOC(=O)C1=C(C)NC(=S)N[C@H]1c1ccccc1OCC(=O)NN=Cc1cc(Br)c(OCc2ccccc2F)c(I)c1. The van der Waals surface area contributed by atoms with E-state index < -0.39 is 17.9 Å². The Morgan fingerprint density at radius 3 is 2.65 bits per heavy atom. The maximum atomic E-state index is 13.9. The summed E-state index contributed by atoms with van der Waals surface area (Å²) in [4.78, 5) is 25.3. The van der Waals surface area contributed by atoms with Gasteiger partial charge in [-0.25, -0.2) is 14.6 Å². The van der Waals surface area contributed by atoms with Crippen LogP contribution in [0.4, 0.5) is 4.39 Å². The monoisotopic (exact) mass is 780 g/mol. The third-order valence-corrected chi connectivity index (χ3v) is 7.72. The number of para-hydroxylation sites is 1. The second-order valence-corrected chi connectivity index (χ2v) is 11.5. The molecular weight excluding hydrogens is 754 g/mol. The lowest BCUT2D eigenvalue weighted by Gasteiger charge is -2.30. The average Bonchev–Trinajstić information content (AvgIpc) is 2.96. The molecule has 3 aromatic carbocycles. The van der Waals surface area contributed by atoms with Gasteiger partial charge in [0.15, 0.2) is 11.7 Å². The molecule has 0 unspecified atom stereocenters. The van der Waals surface area contributed by atoms with Gasteiger partial charge in [-0.05, 0) is 94.4 Å². The molecule has 1 aliphatic heterocycles. The van der Waals surface area contributed by atoms with Gasteiger partial charge >= 0.3 is 5.97 Å². The molecule has 0 saturated heterocycles. The van der Waals surface area contributed by atoms with Crippen molar-refractivity contribution in [2.45, 2.75) is 26.5 Å². The highest BCUT2D eigenvalue weighted by Crippen LogP contribution is 2.34. The highest BCUT2D eigenvalue weighted by atomic mass is 127. The summed E-state index contributed by atoms with van der Waals surface area (Å²) in [6.07, 6.45) is 1.48. The lowest BCUT2D eigenvalue weighted by atomic mass is 9.95. The second-order valence-electron chi connectivity index (χ2n) is 9.10. The van der Waals surface area contributed by atoms with Crippen LogP contribution in [0.2, 0.25) is 0 Å². The van der Waals surface area contributed by atoms with Crippen molar-refractivity contribution in [3.05, 3.63) is 102 Å². The van der Waals surface area contributed by atoms with Gasteiger partial charge in [-0.15, -0.1) is 0 Å². The maximum absolute atomic E-state index is 13.9. The minimum Gasteiger partial charge on any atom is -0.486 e. The summed E-state index contributed by atoms with van der Waals surface area (Å²) in [6, 6.07) is 16.4. The molecule has 0 fully saturated rings. The van der Waals surface area contributed by atoms with E-state index in [-0.39, 0.29) is 25.6 Å². The van der Waals surface area contributed by atoms with Gasteiger partial charge in [-0.1, -0.05) is 36.4 Å². The van der Waals surface area contributed by atoms with Crippen LogP contribution >= 0.6 is 50.7 Å². The largest absolute Gasteiger partial charge is 0.486 e. The van der Waals surface area contributed by atoms with Crippen LogP contribution in [0.15, 0.2) is 81.5 Å². The summed E-state index contributed by atoms with van der Waals surface area (Å²) >= 11 is 10.9. The van der Waals surface area contributed by atoms with Gasteiger partial charge in [-0.2, -0.15) is 5.10 Å². The topological polar surface area (TPSA) is 110 Å². The Labute approximate surface area is 275 Å². The molecule has 1 amide bonds. The molecule has 13 heteroatoms. The Kier molecular flexibility index (Phi) is 11.5. The number of amides is 1. The van der Waals surface area contributed by atoms with Crippen molar-refractivity contribution in [3.63, 3.8) is 0 Å². The first-order chi connectivity index (χ1) is 20.7. The predicted molar refractivity (Wildman–Crippen MR) is 176 cm³/mol. The summed E-state index contributed by atoms with van der Waals surface area (Å²) in [6.45, 7) is 3.44.